The first-order valence-corrected chi connectivity index (χ1v) is 12.1. The van der Waals surface area contributed by atoms with Crippen LogP contribution in [0.2, 0.25) is 0 Å². The SMILES string of the molecule is BN1C[C@@H](C(=O)O)[C@H](c2ccc(-c3cnc(N)c(C(=O)Nc4cnccc4N4CCOCC4)n3)cc2)C1. The molecule has 0 aliphatic carbocycles. The second kappa shape index (κ2) is 10.5. The number of carboxylic acids is 1. The number of rotatable bonds is 6. The van der Waals surface area contributed by atoms with E-state index in [0.717, 1.165) is 16.8 Å². The van der Waals surface area contributed by atoms with Gasteiger partial charge < -0.3 is 30.6 Å². The van der Waals surface area contributed by atoms with Gasteiger partial charge in [-0.25, -0.2) is 9.97 Å². The van der Waals surface area contributed by atoms with E-state index >= 15 is 0 Å². The van der Waals surface area contributed by atoms with Crippen molar-refractivity contribution in [3.63, 3.8) is 0 Å². The molecule has 1 amide bonds. The molecule has 2 fully saturated rings. The average Bonchev–Trinajstić information content (AvgIpc) is 3.32. The lowest BCUT2D eigenvalue weighted by Gasteiger charge is -2.30. The number of carbonyl (C=O) groups is 2. The minimum Gasteiger partial charge on any atom is -0.481 e. The zero-order chi connectivity index (χ0) is 25.9. The number of benzene rings is 1. The molecule has 0 unspecified atom stereocenters. The van der Waals surface area contributed by atoms with Gasteiger partial charge in [0.25, 0.3) is 5.91 Å². The number of ether oxygens (including phenoxy) is 1. The van der Waals surface area contributed by atoms with E-state index in [1.54, 1.807) is 12.4 Å². The third-order valence-electron chi connectivity index (χ3n) is 6.87. The highest BCUT2D eigenvalue weighted by atomic mass is 16.5. The van der Waals surface area contributed by atoms with Crippen LogP contribution in [-0.4, -0.2) is 84.1 Å². The summed E-state index contributed by atoms with van der Waals surface area (Å²) in [5.41, 5.74) is 9.64. The number of aromatic nitrogens is 3. The zero-order valence-corrected chi connectivity index (χ0v) is 20.5. The number of carbonyl (C=O) groups excluding carboxylic acids is 1. The Kier molecular flexibility index (Phi) is 7.02. The van der Waals surface area contributed by atoms with Gasteiger partial charge in [0, 0.05) is 37.3 Å². The van der Waals surface area contributed by atoms with E-state index in [-0.39, 0.29) is 17.4 Å². The fourth-order valence-corrected chi connectivity index (χ4v) is 4.94. The van der Waals surface area contributed by atoms with Gasteiger partial charge in [0.1, 0.15) is 0 Å². The van der Waals surface area contributed by atoms with Gasteiger partial charge in [-0.15, -0.1) is 0 Å². The number of nitrogens with one attached hydrogen (secondary N) is 1. The van der Waals surface area contributed by atoms with Crippen molar-refractivity contribution in [2.75, 3.05) is 55.3 Å². The van der Waals surface area contributed by atoms with Gasteiger partial charge in [0.15, 0.2) is 19.5 Å². The second-order valence-corrected chi connectivity index (χ2v) is 9.33. The largest absolute Gasteiger partial charge is 0.481 e. The molecule has 2 aliphatic heterocycles. The maximum Gasteiger partial charge on any atom is 0.308 e. The first-order chi connectivity index (χ1) is 17.9. The molecule has 0 bridgehead atoms. The van der Waals surface area contributed by atoms with E-state index in [4.69, 9.17) is 10.5 Å². The maximum absolute atomic E-state index is 13.2. The molecule has 4 N–H and O–H groups in total. The first kappa shape index (κ1) is 24.7. The van der Waals surface area contributed by atoms with Crippen LogP contribution in [0.4, 0.5) is 17.2 Å². The Morgan fingerprint density at radius 1 is 1.11 bits per heavy atom. The molecular formula is C25H28BN7O4. The van der Waals surface area contributed by atoms with Crippen LogP contribution >= 0.6 is 0 Å². The Bertz CT molecular complexity index is 1300. The third-order valence-corrected chi connectivity index (χ3v) is 6.87. The lowest BCUT2D eigenvalue weighted by Crippen LogP contribution is -2.36. The number of hydrogen-bond donors (Lipinski definition) is 3. The van der Waals surface area contributed by atoms with E-state index < -0.39 is 17.8 Å². The van der Waals surface area contributed by atoms with Crippen molar-refractivity contribution in [2.45, 2.75) is 5.92 Å². The van der Waals surface area contributed by atoms with Crippen molar-refractivity contribution in [1.29, 1.82) is 0 Å². The highest BCUT2D eigenvalue weighted by molar-refractivity contribution is 6.07. The van der Waals surface area contributed by atoms with Crippen LogP contribution in [0.1, 0.15) is 22.0 Å². The Hall–Kier alpha value is -4.03. The Morgan fingerprint density at radius 2 is 1.86 bits per heavy atom. The van der Waals surface area contributed by atoms with Crippen LogP contribution in [0.25, 0.3) is 11.3 Å². The normalized spacial score (nSPS) is 20.1. The Morgan fingerprint density at radius 3 is 2.59 bits per heavy atom. The minimum absolute atomic E-state index is 0.0155. The van der Waals surface area contributed by atoms with E-state index in [0.29, 0.717) is 50.8 Å². The summed E-state index contributed by atoms with van der Waals surface area (Å²) < 4.78 is 5.43. The molecule has 1 aromatic carbocycles. The molecule has 0 saturated carbocycles. The van der Waals surface area contributed by atoms with Crippen LogP contribution in [-0.2, 0) is 9.53 Å². The highest BCUT2D eigenvalue weighted by Gasteiger charge is 2.36. The predicted octanol–water partition coefficient (Wildman–Crippen LogP) is 0.858. The summed E-state index contributed by atoms with van der Waals surface area (Å²) in [5, 5.41) is 12.5. The minimum atomic E-state index is -0.788. The van der Waals surface area contributed by atoms with Crippen LogP contribution < -0.4 is 16.0 Å². The molecule has 0 radical (unpaired) electrons. The van der Waals surface area contributed by atoms with E-state index in [9.17, 15) is 14.7 Å². The van der Waals surface area contributed by atoms with Crippen LogP contribution in [0, 0.1) is 5.92 Å². The molecule has 190 valence electrons. The van der Waals surface area contributed by atoms with Crippen LogP contribution in [0.5, 0.6) is 0 Å². The molecule has 11 nitrogen and oxygen atoms in total. The van der Waals surface area contributed by atoms with Gasteiger partial charge in [-0.1, -0.05) is 24.3 Å². The van der Waals surface area contributed by atoms with E-state index in [2.05, 4.69) is 25.2 Å². The van der Waals surface area contributed by atoms with Crippen molar-refractivity contribution in [3.05, 3.63) is 60.2 Å². The van der Waals surface area contributed by atoms with Gasteiger partial charge in [-0.2, -0.15) is 0 Å². The predicted molar refractivity (Wildman–Crippen MR) is 141 cm³/mol. The quantitative estimate of drug-likeness (QED) is 0.416. The number of nitrogen functional groups attached to an aromatic ring is 1. The number of hydrogen-bond acceptors (Lipinski definition) is 9. The van der Waals surface area contributed by atoms with Gasteiger partial charge in [-0.05, 0) is 18.2 Å². The molecule has 5 rings (SSSR count). The molecule has 12 heteroatoms. The van der Waals surface area contributed by atoms with Crippen molar-refractivity contribution in [3.8, 4) is 11.3 Å². The number of morpholine rings is 1. The number of aliphatic carboxylic acids is 1. The monoisotopic (exact) mass is 501 g/mol. The molecule has 2 aliphatic rings. The number of nitrogens with zero attached hydrogens (tertiary/aromatic N) is 5. The summed E-state index contributed by atoms with van der Waals surface area (Å²) in [6.45, 7) is 3.86. The van der Waals surface area contributed by atoms with Gasteiger partial charge in [-0.3, -0.25) is 14.6 Å². The Labute approximate surface area is 215 Å². The van der Waals surface area contributed by atoms with Crippen LogP contribution in [0.15, 0.2) is 48.9 Å². The fourth-order valence-electron chi connectivity index (χ4n) is 4.94. The van der Waals surface area contributed by atoms with Gasteiger partial charge in [0.2, 0.25) is 0 Å². The molecule has 0 spiro atoms. The number of nitrogens with two attached hydrogens (primary N) is 1. The van der Waals surface area contributed by atoms with E-state index in [1.165, 1.54) is 6.20 Å². The number of anilines is 3. The smallest absolute Gasteiger partial charge is 0.308 e. The summed E-state index contributed by atoms with van der Waals surface area (Å²) in [7, 11) is 1.93. The Balaban J connectivity index is 1.36. The number of carboxylic acid groups (broad SMARTS) is 1. The molecule has 2 saturated heterocycles. The number of pyridine rings is 1. The second-order valence-electron chi connectivity index (χ2n) is 9.33. The summed E-state index contributed by atoms with van der Waals surface area (Å²) >= 11 is 0. The molecular weight excluding hydrogens is 473 g/mol. The van der Waals surface area contributed by atoms with Gasteiger partial charge in [0.05, 0.1) is 48.6 Å². The van der Waals surface area contributed by atoms with Crippen LogP contribution in [0.3, 0.4) is 0 Å². The first-order valence-electron chi connectivity index (χ1n) is 12.1. The topological polar surface area (TPSA) is 147 Å². The molecule has 3 aromatic rings. The number of amides is 1. The van der Waals surface area contributed by atoms with Crippen molar-refractivity contribution < 1.29 is 19.4 Å². The summed E-state index contributed by atoms with van der Waals surface area (Å²) in [4.78, 5) is 41.9. The summed E-state index contributed by atoms with van der Waals surface area (Å²) in [6, 6.07) is 9.41. The fraction of sp³-hybridized carbons (Fsp3) is 0.320. The standard InChI is InChI=1S/C25H28BN7O4/c26-33-13-17(18(14-33)25(35)36)15-1-3-16(4-2-15)19-12-29-23(27)22(30-19)24(34)31-20-11-28-6-5-21(20)32-7-9-37-10-8-32/h1-6,11-12,17-18H,7-10,13-14,26H2,(H2,27,29)(H,31,34)(H,35,36)/t17-,18+/m0/s1. The van der Waals surface area contributed by atoms with Crippen molar-refractivity contribution >= 4 is 37.1 Å². The highest BCUT2D eigenvalue weighted by Crippen LogP contribution is 2.33. The summed E-state index contributed by atoms with van der Waals surface area (Å²) in [5.74, 6) is -1.78. The third kappa shape index (κ3) is 5.25. The lowest BCUT2D eigenvalue weighted by molar-refractivity contribution is -0.141. The summed E-state index contributed by atoms with van der Waals surface area (Å²) in [6.07, 6.45) is 4.80. The van der Waals surface area contributed by atoms with Crippen molar-refractivity contribution in [1.82, 2.24) is 19.8 Å². The molecule has 2 aromatic heterocycles. The average molecular weight is 501 g/mol. The molecule has 2 atom stereocenters. The van der Waals surface area contributed by atoms with E-state index in [1.807, 2.05) is 43.1 Å². The molecule has 4 heterocycles. The molecule has 37 heavy (non-hydrogen) atoms. The zero-order valence-electron chi connectivity index (χ0n) is 20.5. The maximum atomic E-state index is 13.2. The van der Waals surface area contributed by atoms with Crippen molar-refractivity contribution in [2.24, 2.45) is 5.92 Å². The lowest BCUT2D eigenvalue weighted by atomic mass is 9.88. The van der Waals surface area contributed by atoms with Gasteiger partial charge >= 0.3 is 5.97 Å².